The second-order valence-electron chi connectivity index (χ2n) is 7.14. The monoisotopic (exact) mass is 436 g/mol. The maximum absolute atomic E-state index is 12.6. The Labute approximate surface area is 158 Å². The number of nitrogens with zero attached hydrogens (tertiary/aromatic N) is 2. The van der Waals surface area contributed by atoms with Crippen LogP contribution in [0.1, 0.15) is 51.4 Å². The van der Waals surface area contributed by atoms with Crippen molar-refractivity contribution in [1.29, 1.82) is 0 Å². The van der Waals surface area contributed by atoms with Gasteiger partial charge in [-0.25, -0.2) is 0 Å². The van der Waals surface area contributed by atoms with Crippen LogP contribution in [0.15, 0.2) is 4.99 Å². The molecule has 0 unspecified atom stereocenters. The normalized spacial score (nSPS) is 20.9. The van der Waals surface area contributed by atoms with E-state index in [1.807, 2.05) is 14.1 Å². The first-order valence-electron chi connectivity index (χ1n) is 8.74. The summed E-state index contributed by atoms with van der Waals surface area (Å²) in [7, 11) is 5.52. The predicted octanol–water partition coefficient (Wildman–Crippen LogP) is 2.61. The lowest BCUT2D eigenvalue weighted by Crippen LogP contribution is -2.49. The van der Waals surface area contributed by atoms with Gasteiger partial charge in [0.1, 0.15) is 0 Å². The van der Waals surface area contributed by atoms with Gasteiger partial charge in [-0.1, -0.05) is 25.7 Å². The van der Waals surface area contributed by atoms with Crippen molar-refractivity contribution in [3.63, 3.8) is 0 Å². The van der Waals surface area contributed by atoms with E-state index in [0.29, 0.717) is 6.54 Å². The maximum Gasteiger partial charge on any atom is 0.230 e. The molecule has 2 fully saturated rings. The van der Waals surface area contributed by atoms with Crippen molar-refractivity contribution in [3.8, 4) is 0 Å². The predicted molar refractivity (Wildman–Crippen MR) is 106 cm³/mol. The molecule has 6 heteroatoms. The number of hydrogen-bond donors (Lipinski definition) is 2. The molecule has 0 atom stereocenters. The number of hydrogen-bond acceptors (Lipinski definition) is 2. The Balaban J connectivity index is 0.00000264. The fraction of sp³-hybridized carbons (Fsp3) is 0.882. The summed E-state index contributed by atoms with van der Waals surface area (Å²) in [5.74, 6) is 1.87. The lowest BCUT2D eigenvalue weighted by Gasteiger charge is -2.31. The van der Waals surface area contributed by atoms with Gasteiger partial charge in [0.2, 0.25) is 5.91 Å². The zero-order valence-electron chi connectivity index (χ0n) is 14.9. The smallest absolute Gasteiger partial charge is 0.230 e. The van der Waals surface area contributed by atoms with Gasteiger partial charge in [0, 0.05) is 34.2 Å². The van der Waals surface area contributed by atoms with Gasteiger partial charge in [-0.3, -0.25) is 9.79 Å². The third kappa shape index (κ3) is 5.50. The molecule has 0 aromatic rings. The number of rotatable bonds is 5. The Kier molecular flexibility index (Phi) is 8.64. The van der Waals surface area contributed by atoms with E-state index in [9.17, 15) is 4.79 Å². The Bertz CT molecular complexity index is 399. The number of guanidine groups is 1. The van der Waals surface area contributed by atoms with Crippen LogP contribution in [0.3, 0.4) is 0 Å². The third-order valence-electron chi connectivity index (χ3n) is 5.27. The SMILES string of the molecule is CN=C(NCC1CCCC1)NCC1(C(=O)N(C)C)CCCC1.I. The van der Waals surface area contributed by atoms with Gasteiger partial charge >= 0.3 is 0 Å². The van der Waals surface area contributed by atoms with Crippen LogP contribution in [0.2, 0.25) is 0 Å². The second kappa shape index (κ2) is 9.69. The molecule has 0 aliphatic heterocycles. The lowest BCUT2D eigenvalue weighted by atomic mass is 9.84. The molecule has 2 rings (SSSR count). The van der Waals surface area contributed by atoms with E-state index in [1.54, 1.807) is 11.9 Å². The van der Waals surface area contributed by atoms with Gasteiger partial charge in [0.25, 0.3) is 0 Å². The Hall–Kier alpha value is -0.530. The average Bonchev–Trinajstić information content (AvgIpc) is 3.18. The number of carbonyl (C=O) groups excluding carboxylic acids is 1. The first kappa shape index (κ1) is 20.5. The van der Waals surface area contributed by atoms with E-state index in [4.69, 9.17) is 0 Å². The quantitative estimate of drug-likeness (QED) is 0.396. The molecule has 0 aromatic carbocycles. The van der Waals surface area contributed by atoms with Gasteiger partial charge < -0.3 is 15.5 Å². The van der Waals surface area contributed by atoms with Crippen LogP contribution in [0.4, 0.5) is 0 Å². The summed E-state index contributed by atoms with van der Waals surface area (Å²) in [4.78, 5) is 18.6. The highest BCUT2D eigenvalue weighted by atomic mass is 127. The number of carbonyl (C=O) groups is 1. The van der Waals surface area contributed by atoms with Crippen molar-refractivity contribution >= 4 is 35.8 Å². The average molecular weight is 436 g/mol. The molecule has 0 heterocycles. The Morgan fingerprint density at radius 2 is 1.74 bits per heavy atom. The summed E-state index contributed by atoms with van der Waals surface area (Å²) >= 11 is 0. The molecular weight excluding hydrogens is 403 g/mol. The van der Waals surface area contributed by atoms with Crippen LogP contribution in [0, 0.1) is 11.3 Å². The summed E-state index contributed by atoms with van der Waals surface area (Å²) < 4.78 is 0. The topological polar surface area (TPSA) is 56.7 Å². The molecule has 2 aliphatic carbocycles. The summed E-state index contributed by atoms with van der Waals surface area (Å²) in [6.07, 6.45) is 9.63. The van der Waals surface area contributed by atoms with Crippen molar-refractivity contribution in [1.82, 2.24) is 15.5 Å². The first-order valence-corrected chi connectivity index (χ1v) is 8.74. The van der Waals surface area contributed by atoms with Gasteiger partial charge in [-0.2, -0.15) is 0 Å². The minimum atomic E-state index is -0.242. The molecule has 23 heavy (non-hydrogen) atoms. The Morgan fingerprint density at radius 1 is 1.13 bits per heavy atom. The molecular formula is C17H33IN4O. The van der Waals surface area contributed by atoms with Crippen molar-refractivity contribution in [3.05, 3.63) is 0 Å². The van der Waals surface area contributed by atoms with Crippen LogP contribution in [0.25, 0.3) is 0 Å². The van der Waals surface area contributed by atoms with E-state index in [0.717, 1.165) is 44.1 Å². The number of amides is 1. The molecule has 1 amide bonds. The minimum absolute atomic E-state index is 0. The van der Waals surface area contributed by atoms with Crippen LogP contribution >= 0.6 is 24.0 Å². The zero-order chi connectivity index (χ0) is 16.0. The van der Waals surface area contributed by atoms with E-state index in [-0.39, 0.29) is 35.3 Å². The second-order valence-corrected chi connectivity index (χ2v) is 7.14. The number of halogens is 1. The third-order valence-corrected chi connectivity index (χ3v) is 5.27. The van der Waals surface area contributed by atoms with Gasteiger partial charge in [0.15, 0.2) is 5.96 Å². The van der Waals surface area contributed by atoms with Crippen LogP contribution < -0.4 is 10.6 Å². The molecule has 2 saturated carbocycles. The molecule has 0 saturated heterocycles. The number of aliphatic imine (C=N–C) groups is 1. The van der Waals surface area contributed by atoms with Crippen LogP contribution in [-0.4, -0.2) is 51.0 Å². The lowest BCUT2D eigenvalue weighted by molar-refractivity contribution is -0.138. The van der Waals surface area contributed by atoms with Crippen molar-refractivity contribution in [2.75, 3.05) is 34.2 Å². The molecule has 2 aliphatic rings. The Morgan fingerprint density at radius 3 is 2.26 bits per heavy atom. The van der Waals surface area contributed by atoms with Crippen molar-refractivity contribution in [2.24, 2.45) is 16.3 Å². The highest BCUT2D eigenvalue weighted by molar-refractivity contribution is 14.0. The first-order chi connectivity index (χ1) is 10.6. The molecule has 0 bridgehead atoms. The highest BCUT2D eigenvalue weighted by Gasteiger charge is 2.42. The highest BCUT2D eigenvalue weighted by Crippen LogP contribution is 2.38. The summed E-state index contributed by atoms with van der Waals surface area (Å²) in [5.41, 5.74) is -0.242. The standard InChI is InChI=1S/C17H32N4O.HI/c1-18-16(19-12-14-8-4-5-9-14)20-13-17(10-6-7-11-17)15(22)21(2)3;/h14H,4-13H2,1-3H3,(H2,18,19,20);1H. The van der Waals surface area contributed by atoms with E-state index < -0.39 is 0 Å². The van der Waals surface area contributed by atoms with E-state index in [2.05, 4.69) is 15.6 Å². The van der Waals surface area contributed by atoms with E-state index >= 15 is 0 Å². The van der Waals surface area contributed by atoms with Gasteiger partial charge in [-0.15, -0.1) is 24.0 Å². The minimum Gasteiger partial charge on any atom is -0.356 e. The molecule has 0 aromatic heterocycles. The molecule has 0 radical (unpaired) electrons. The fourth-order valence-electron chi connectivity index (χ4n) is 3.92. The summed E-state index contributed by atoms with van der Waals surface area (Å²) in [5, 5.41) is 6.84. The van der Waals surface area contributed by atoms with Gasteiger partial charge in [-0.05, 0) is 31.6 Å². The fourth-order valence-corrected chi connectivity index (χ4v) is 3.92. The maximum atomic E-state index is 12.6. The zero-order valence-corrected chi connectivity index (χ0v) is 17.2. The molecule has 0 spiro atoms. The van der Waals surface area contributed by atoms with Crippen LogP contribution in [0.5, 0.6) is 0 Å². The largest absolute Gasteiger partial charge is 0.356 e. The van der Waals surface area contributed by atoms with Crippen molar-refractivity contribution < 1.29 is 4.79 Å². The summed E-state index contributed by atoms with van der Waals surface area (Å²) in [6, 6.07) is 0. The van der Waals surface area contributed by atoms with Crippen molar-refractivity contribution in [2.45, 2.75) is 51.4 Å². The summed E-state index contributed by atoms with van der Waals surface area (Å²) in [6.45, 7) is 1.68. The molecule has 134 valence electrons. The van der Waals surface area contributed by atoms with Crippen LogP contribution in [-0.2, 0) is 4.79 Å². The van der Waals surface area contributed by atoms with Gasteiger partial charge in [0.05, 0.1) is 5.41 Å². The van der Waals surface area contributed by atoms with E-state index in [1.165, 1.54) is 25.7 Å². The molecule has 2 N–H and O–H groups in total. The number of nitrogens with one attached hydrogen (secondary N) is 2. The molecule has 5 nitrogen and oxygen atoms in total.